The quantitative estimate of drug-likeness (QED) is 0.382. The molecule has 3 heteroatoms. The molecule has 0 heterocycles. The van der Waals surface area contributed by atoms with Gasteiger partial charge in [-0.2, -0.15) is 0 Å². The maximum absolute atomic E-state index is 6.40. The molecule has 0 aliphatic carbocycles. The normalized spacial score (nSPS) is 11.0. The van der Waals surface area contributed by atoms with Crippen LogP contribution in [0.25, 0.3) is 0 Å². The van der Waals surface area contributed by atoms with Crippen LogP contribution in [0, 0.1) is 5.41 Å². The summed E-state index contributed by atoms with van der Waals surface area (Å²) in [6.45, 7) is 0. The molecular formula is C4H7N3. The maximum atomic E-state index is 6.40. The van der Waals surface area contributed by atoms with Gasteiger partial charge in [-0.25, -0.2) is 4.99 Å². The van der Waals surface area contributed by atoms with Crippen molar-refractivity contribution in [1.29, 1.82) is 5.41 Å². The summed E-state index contributed by atoms with van der Waals surface area (Å²) in [7, 11) is 1.65. The molecule has 38 valence electrons. The van der Waals surface area contributed by atoms with Gasteiger partial charge in [-0.3, -0.25) is 10.4 Å². The fourth-order valence-electron chi connectivity index (χ4n) is 0.148. The molecule has 0 atom stereocenters. The summed E-state index contributed by atoms with van der Waals surface area (Å²) in [5.41, 5.74) is 0. The van der Waals surface area contributed by atoms with E-state index in [9.17, 15) is 0 Å². The molecule has 0 bridgehead atoms. The topological polar surface area (TPSA) is 48.6 Å². The molecule has 0 aromatic heterocycles. The summed E-state index contributed by atoms with van der Waals surface area (Å²) in [6.07, 6.45) is 3.93. The summed E-state index contributed by atoms with van der Waals surface area (Å²) >= 11 is 0. The van der Waals surface area contributed by atoms with Crippen LogP contribution in [0.3, 0.4) is 0 Å². The molecule has 0 rings (SSSR count). The average molecular weight is 97.1 g/mol. The van der Waals surface area contributed by atoms with Gasteiger partial charge < -0.3 is 0 Å². The average Bonchev–Trinajstić information content (AvgIpc) is 1.69. The summed E-state index contributed by atoms with van der Waals surface area (Å²) < 4.78 is 0. The Balaban J connectivity index is 3.27. The molecule has 0 unspecified atom stereocenters. The molecule has 0 aromatic carbocycles. The minimum atomic E-state index is 0.960. The molecule has 0 amide bonds. The predicted octanol–water partition coefficient (Wildman–Crippen LogP) is 0.365. The number of hydrogen-bond acceptors (Lipinski definition) is 2. The van der Waals surface area contributed by atoms with E-state index in [0.717, 1.165) is 6.34 Å². The van der Waals surface area contributed by atoms with Gasteiger partial charge in [-0.1, -0.05) is 0 Å². The van der Waals surface area contributed by atoms with Gasteiger partial charge in [0, 0.05) is 19.5 Å². The maximum Gasteiger partial charge on any atom is 0.106 e. The lowest BCUT2D eigenvalue weighted by Crippen LogP contribution is -1.72. The minimum Gasteiger partial charge on any atom is -0.295 e. The lowest BCUT2D eigenvalue weighted by molar-refractivity contribution is 1.48. The smallest absolute Gasteiger partial charge is 0.106 e. The molecule has 0 aromatic rings. The first-order valence-electron chi connectivity index (χ1n) is 1.84. The Kier molecular flexibility index (Phi) is 4.30. The Labute approximate surface area is 42.3 Å². The first-order valence-corrected chi connectivity index (χ1v) is 1.84. The molecule has 0 spiro atoms. The third kappa shape index (κ3) is 5.01. The number of nitrogens with zero attached hydrogens (tertiary/aromatic N) is 2. The zero-order valence-electron chi connectivity index (χ0n) is 4.13. The highest BCUT2D eigenvalue weighted by Gasteiger charge is 1.54. The van der Waals surface area contributed by atoms with Crippen LogP contribution in [0.2, 0.25) is 0 Å². The summed E-state index contributed by atoms with van der Waals surface area (Å²) in [5.74, 6) is 0. The lowest BCUT2D eigenvalue weighted by atomic mass is 10.8. The van der Waals surface area contributed by atoms with Crippen LogP contribution in [-0.2, 0) is 0 Å². The fourth-order valence-corrected chi connectivity index (χ4v) is 0.148. The van der Waals surface area contributed by atoms with E-state index in [1.54, 1.807) is 7.05 Å². The first-order chi connectivity index (χ1) is 3.41. The van der Waals surface area contributed by atoms with Gasteiger partial charge in [0.1, 0.15) is 6.34 Å². The Morgan fingerprint density at radius 3 is 2.57 bits per heavy atom. The third-order valence-corrected chi connectivity index (χ3v) is 0.376. The van der Waals surface area contributed by atoms with Crippen LogP contribution in [0.1, 0.15) is 0 Å². The Morgan fingerprint density at radius 2 is 2.14 bits per heavy atom. The molecule has 0 aliphatic rings. The van der Waals surface area contributed by atoms with Crippen LogP contribution < -0.4 is 0 Å². The third-order valence-electron chi connectivity index (χ3n) is 0.376. The van der Waals surface area contributed by atoms with Crippen LogP contribution in [0.4, 0.5) is 0 Å². The molecule has 3 nitrogen and oxygen atoms in total. The van der Waals surface area contributed by atoms with Gasteiger partial charge in [-0.05, 0) is 0 Å². The Hall–Kier alpha value is -0.990. The molecule has 1 N–H and O–H groups in total. The predicted molar refractivity (Wildman–Crippen MR) is 31.7 cm³/mol. The van der Waals surface area contributed by atoms with E-state index in [2.05, 4.69) is 9.98 Å². The molecule has 7 heavy (non-hydrogen) atoms. The Bertz CT molecular complexity index is 93.1. The van der Waals surface area contributed by atoms with Gasteiger partial charge >= 0.3 is 0 Å². The highest BCUT2D eigenvalue weighted by Crippen LogP contribution is 1.49. The first kappa shape index (κ1) is 6.01. The van der Waals surface area contributed by atoms with Gasteiger partial charge in [0.15, 0.2) is 0 Å². The lowest BCUT2D eigenvalue weighted by Gasteiger charge is -1.65. The van der Waals surface area contributed by atoms with E-state index >= 15 is 0 Å². The molecule has 0 saturated carbocycles. The van der Waals surface area contributed by atoms with Crippen molar-refractivity contribution in [2.75, 3.05) is 7.05 Å². The Morgan fingerprint density at radius 1 is 1.43 bits per heavy atom. The van der Waals surface area contributed by atoms with Crippen LogP contribution in [0.15, 0.2) is 9.98 Å². The number of rotatable bonds is 2. The van der Waals surface area contributed by atoms with E-state index < -0.39 is 0 Å². The molecule has 0 radical (unpaired) electrons. The van der Waals surface area contributed by atoms with E-state index in [1.165, 1.54) is 12.4 Å². The van der Waals surface area contributed by atoms with E-state index in [1.807, 2.05) is 0 Å². The summed E-state index contributed by atoms with van der Waals surface area (Å²) in [5, 5.41) is 6.40. The van der Waals surface area contributed by atoms with Crippen molar-refractivity contribution < 1.29 is 0 Å². The van der Waals surface area contributed by atoms with Crippen molar-refractivity contribution in [3.8, 4) is 0 Å². The zero-order chi connectivity index (χ0) is 5.54. The number of aliphatic imine (C=N–C) groups is 2. The minimum absolute atomic E-state index is 0.960. The fraction of sp³-hybridized carbons (Fsp3) is 0.250. The van der Waals surface area contributed by atoms with E-state index in [4.69, 9.17) is 5.41 Å². The van der Waals surface area contributed by atoms with Crippen molar-refractivity contribution in [3.63, 3.8) is 0 Å². The highest BCUT2D eigenvalue weighted by atomic mass is 14.7. The second kappa shape index (κ2) is 5.01. The van der Waals surface area contributed by atoms with Crippen molar-refractivity contribution in [2.45, 2.75) is 0 Å². The standard InChI is InChI=1S/C4H7N3/c1-6-2-3-7-4-5/h2-5H,1H3. The van der Waals surface area contributed by atoms with Gasteiger partial charge in [0.2, 0.25) is 0 Å². The van der Waals surface area contributed by atoms with Crippen LogP contribution in [-0.4, -0.2) is 25.8 Å². The molecular weight excluding hydrogens is 90.1 g/mol. The van der Waals surface area contributed by atoms with E-state index in [0.29, 0.717) is 0 Å². The second-order valence-electron chi connectivity index (χ2n) is 0.835. The monoisotopic (exact) mass is 97.1 g/mol. The molecule has 0 saturated heterocycles. The largest absolute Gasteiger partial charge is 0.295 e. The highest BCUT2D eigenvalue weighted by molar-refractivity contribution is 6.17. The molecule has 0 aliphatic heterocycles. The van der Waals surface area contributed by atoms with E-state index in [-0.39, 0.29) is 0 Å². The second-order valence-corrected chi connectivity index (χ2v) is 0.835. The van der Waals surface area contributed by atoms with Crippen molar-refractivity contribution in [3.05, 3.63) is 0 Å². The summed E-state index contributed by atoms with van der Waals surface area (Å²) in [6, 6.07) is 0. The van der Waals surface area contributed by atoms with Crippen LogP contribution in [0.5, 0.6) is 0 Å². The summed E-state index contributed by atoms with van der Waals surface area (Å²) in [4.78, 5) is 7.02. The van der Waals surface area contributed by atoms with Crippen molar-refractivity contribution in [2.24, 2.45) is 9.98 Å². The van der Waals surface area contributed by atoms with Gasteiger partial charge in [0.25, 0.3) is 0 Å². The van der Waals surface area contributed by atoms with Gasteiger partial charge in [-0.15, -0.1) is 0 Å². The number of nitrogens with one attached hydrogen (secondary N) is 1. The van der Waals surface area contributed by atoms with Crippen LogP contribution >= 0.6 is 0 Å². The zero-order valence-corrected chi connectivity index (χ0v) is 4.13. The van der Waals surface area contributed by atoms with Crippen molar-refractivity contribution >= 4 is 18.8 Å². The molecule has 0 fully saturated rings. The van der Waals surface area contributed by atoms with Crippen molar-refractivity contribution in [1.82, 2.24) is 0 Å². The number of hydrogen-bond donors (Lipinski definition) is 1. The van der Waals surface area contributed by atoms with Gasteiger partial charge in [0.05, 0.1) is 0 Å². The SMILES string of the molecule is CN=CC=NC=N.